The molecule has 0 bridgehead atoms. The number of carbonyl (C=O) groups excluding carboxylic acids is 1. The fraction of sp³-hybridized carbons (Fsp3) is 0.219. The number of hydrogen-bond donors (Lipinski definition) is 3. The minimum Gasteiger partial charge on any atom is -0.482 e. The number of aliphatic carboxylic acids is 1. The fourth-order valence-corrected chi connectivity index (χ4v) is 3.83. The minimum atomic E-state index is -1.05. The van der Waals surface area contributed by atoms with Crippen LogP contribution in [0.2, 0.25) is 0 Å². The maximum atomic E-state index is 13.1. The average molecular weight is 525 g/mol. The molecule has 0 saturated carbocycles. The minimum absolute atomic E-state index is 0.194. The van der Waals surface area contributed by atoms with E-state index in [-0.39, 0.29) is 11.5 Å². The molecule has 200 valence electrons. The van der Waals surface area contributed by atoms with Crippen LogP contribution in [0.5, 0.6) is 5.75 Å². The Balaban J connectivity index is 1.71. The second-order valence-electron chi connectivity index (χ2n) is 9.02. The van der Waals surface area contributed by atoms with Crippen LogP contribution in [0, 0.1) is 11.8 Å². The van der Waals surface area contributed by atoms with Crippen molar-refractivity contribution in [3.63, 3.8) is 0 Å². The van der Waals surface area contributed by atoms with E-state index in [0.29, 0.717) is 18.8 Å². The molecule has 39 heavy (non-hydrogen) atoms. The molecule has 0 spiro atoms. The Hall–Kier alpha value is -4.83. The molecule has 0 aliphatic carbocycles. The zero-order valence-corrected chi connectivity index (χ0v) is 22.1. The van der Waals surface area contributed by atoms with Gasteiger partial charge in [-0.15, -0.1) is 0 Å². The lowest BCUT2D eigenvalue weighted by Gasteiger charge is -2.23. The Bertz CT molecular complexity index is 1350. The first-order chi connectivity index (χ1) is 18.9. The predicted molar refractivity (Wildman–Crippen MR) is 152 cm³/mol. The van der Waals surface area contributed by atoms with Crippen LogP contribution in [0.4, 0.5) is 0 Å². The number of nitrogens with zero attached hydrogens (tertiary/aromatic N) is 1. The maximum Gasteiger partial charge on any atom is 0.341 e. The molecule has 1 amide bonds. The lowest BCUT2D eigenvalue weighted by molar-refractivity contribution is -0.139. The zero-order valence-electron chi connectivity index (χ0n) is 22.1. The van der Waals surface area contributed by atoms with E-state index in [1.165, 1.54) is 30.8 Å². The Morgan fingerprint density at radius 3 is 1.87 bits per heavy atom. The Labute approximate surface area is 229 Å². The van der Waals surface area contributed by atoms with Gasteiger partial charge in [-0.25, -0.2) is 4.79 Å². The van der Waals surface area contributed by atoms with Crippen molar-refractivity contribution in [2.24, 2.45) is 5.73 Å². The van der Waals surface area contributed by atoms with Gasteiger partial charge < -0.3 is 20.5 Å². The van der Waals surface area contributed by atoms with Gasteiger partial charge in [-0.2, -0.15) is 0 Å². The van der Waals surface area contributed by atoms with Crippen molar-refractivity contribution in [3.05, 3.63) is 112 Å². The van der Waals surface area contributed by atoms with Crippen LogP contribution in [0.15, 0.2) is 84.6 Å². The molecule has 0 atom stereocenters. The number of hydrogen-bond acceptors (Lipinski definition) is 4. The Morgan fingerprint density at radius 1 is 0.897 bits per heavy atom. The first-order valence-corrected chi connectivity index (χ1v) is 12.8. The number of ether oxygens (including phenoxy) is 1. The van der Waals surface area contributed by atoms with Gasteiger partial charge in [0.2, 0.25) is 0 Å². The van der Waals surface area contributed by atoms with Gasteiger partial charge in [0.15, 0.2) is 12.8 Å². The fourth-order valence-electron chi connectivity index (χ4n) is 3.83. The molecule has 7 nitrogen and oxygen atoms in total. The second-order valence-corrected chi connectivity index (χ2v) is 9.02. The first kappa shape index (κ1) is 28.7. The van der Waals surface area contributed by atoms with Gasteiger partial charge in [0.25, 0.3) is 5.91 Å². The largest absolute Gasteiger partial charge is 0.482 e. The molecule has 0 radical (unpaired) electrons. The van der Waals surface area contributed by atoms with Gasteiger partial charge in [-0.3, -0.25) is 10.2 Å². The van der Waals surface area contributed by atoms with Gasteiger partial charge in [0.05, 0.1) is 0 Å². The number of carboxylic acid groups (broad SMARTS) is 1. The molecule has 0 aromatic heterocycles. The third-order valence-electron chi connectivity index (χ3n) is 6.00. The highest BCUT2D eigenvalue weighted by Gasteiger charge is 2.19. The maximum absolute atomic E-state index is 13.1. The van der Waals surface area contributed by atoms with E-state index in [0.717, 1.165) is 28.7 Å². The van der Waals surface area contributed by atoms with Crippen molar-refractivity contribution < 1.29 is 24.8 Å². The lowest BCUT2D eigenvalue weighted by atomic mass is 10.1. The highest BCUT2D eigenvalue weighted by Crippen LogP contribution is 2.17. The molecular formula is C32H34N3O4+. The quantitative estimate of drug-likeness (QED) is 0.191. The molecule has 0 fully saturated rings. The molecule has 0 aliphatic rings. The lowest BCUT2D eigenvalue weighted by Crippen LogP contribution is -2.38. The topological polar surface area (TPSA) is 118 Å². The monoisotopic (exact) mass is 524 g/mol. The highest BCUT2D eigenvalue weighted by molar-refractivity contribution is 6.10. The van der Waals surface area contributed by atoms with Crippen molar-refractivity contribution in [2.75, 3.05) is 6.61 Å². The molecule has 0 unspecified atom stereocenters. The summed E-state index contributed by atoms with van der Waals surface area (Å²) in [6, 6.07) is 23.0. The van der Waals surface area contributed by atoms with Crippen molar-refractivity contribution in [2.45, 2.75) is 39.3 Å². The summed E-state index contributed by atoms with van der Waals surface area (Å²) in [6.07, 6.45) is 5.83. The highest BCUT2D eigenvalue weighted by atomic mass is 16.5. The molecule has 0 saturated heterocycles. The summed E-state index contributed by atoms with van der Waals surface area (Å²) in [5.74, 6) is 5.48. The molecule has 3 aromatic carbocycles. The number of aryl methyl sites for hydroxylation is 1. The number of carbonyl (C=O) groups is 2. The number of nitrogens with two attached hydrogens (primary N) is 2. The van der Waals surface area contributed by atoms with Gasteiger partial charge in [-0.1, -0.05) is 61.6 Å². The first-order valence-electron chi connectivity index (χ1n) is 12.8. The van der Waals surface area contributed by atoms with Crippen LogP contribution < -0.4 is 15.9 Å². The Morgan fingerprint density at radius 2 is 1.41 bits per heavy atom. The van der Waals surface area contributed by atoms with Gasteiger partial charge in [0.1, 0.15) is 11.3 Å². The summed E-state index contributed by atoms with van der Waals surface area (Å²) < 4.78 is 5.18. The summed E-state index contributed by atoms with van der Waals surface area (Å²) in [4.78, 5) is 25.5. The predicted octanol–water partition coefficient (Wildman–Crippen LogP) is 3.09. The number of rotatable bonds is 12. The second kappa shape index (κ2) is 14.8. The van der Waals surface area contributed by atoms with Gasteiger partial charge in [-0.05, 0) is 65.9 Å². The van der Waals surface area contributed by atoms with Crippen LogP contribution in [0.3, 0.4) is 0 Å². The average Bonchev–Trinajstić information content (AvgIpc) is 2.96. The molecular weight excluding hydrogens is 490 g/mol. The van der Waals surface area contributed by atoms with Crippen molar-refractivity contribution >= 4 is 18.1 Å². The van der Waals surface area contributed by atoms with E-state index in [9.17, 15) is 9.59 Å². The third-order valence-corrected chi connectivity index (χ3v) is 6.00. The van der Waals surface area contributed by atoms with Crippen molar-refractivity contribution in [1.82, 2.24) is 4.90 Å². The van der Waals surface area contributed by atoms with Crippen LogP contribution in [0.25, 0.3) is 0 Å². The molecule has 3 aromatic rings. The van der Waals surface area contributed by atoms with E-state index in [2.05, 4.69) is 43.0 Å². The normalized spacial score (nSPS) is 10.7. The third kappa shape index (κ3) is 9.20. The number of carboxylic acids is 1. The summed E-state index contributed by atoms with van der Waals surface area (Å²) in [5.41, 5.74) is 10.7. The van der Waals surface area contributed by atoms with Crippen LogP contribution in [0.1, 0.15) is 47.6 Å². The van der Waals surface area contributed by atoms with Gasteiger partial charge in [0, 0.05) is 30.4 Å². The number of benzene rings is 3. The zero-order chi connectivity index (χ0) is 28.0. The van der Waals surface area contributed by atoms with Crippen molar-refractivity contribution in [1.29, 1.82) is 0 Å². The number of unbranched alkanes of at least 4 members (excludes halogenated alkanes) is 1. The standard InChI is InChI=1S/C32H33N3O4/c1-2-3-4-24-5-7-25(8-6-24)9-10-26-11-13-27(14-12-26)21-35(32(38)29(19-33)20-34)22-28-15-17-30(18-16-28)39-23-31(36)37/h5-8,11-20,33H,2-4,21-23,34H2,1H3,(H,36,37)/p+1/b29-20+,33-19?. The van der Waals surface area contributed by atoms with E-state index >= 15 is 0 Å². The van der Waals surface area contributed by atoms with Crippen LogP contribution >= 0.6 is 0 Å². The van der Waals surface area contributed by atoms with Gasteiger partial charge >= 0.3 is 5.97 Å². The molecule has 0 heterocycles. The molecule has 3 rings (SSSR count). The van der Waals surface area contributed by atoms with Crippen molar-refractivity contribution in [3.8, 4) is 17.6 Å². The molecule has 7 heteroatoms. The van der Waals surface area contributed by atoms with E-state index in [1.54, 1.807) is 29.2 Å². The SMILES string of the molecule is CCCCc1ccc(C#Cc2ccc(CN(Cc3ccc(OCC(=O)O)cc3)C(=O)/C(C=[NH2+])=C/N)cc2)cc1. The summed E-state index contributed by atoms with van der Waals surface area (Å²) >= 11 is 0. The smallest absolute Gasteiger partial charge is 0.341 e. The molecule has 0 aliphatic heterocycles. The van der Waals surface area contributed by atoms with E-state index in [1.807, 2.05) is 24.3 Å². The number of amides is 1. The summed E-state index contributed by atoms with van der Waals surface area (Å²) in [6.45, 7) is 2.38. The Kier molecular flexibility index (Phi) is 10.9. The summed E-state index contributed by atoms with van der Waals surface area (Å²) in [7, 11) is 0. The molecule has 5 N–H and O–H groups in total. The van der Waals surface area contributed by atoms with E-state index in [4.69, 9.17) is 21.0 Å². The van der Waals surface area contributed by atoms with Crippen LogP contribution in [-0.4, -0.2) is 34.7 Å². The van der Waals surface area contributed by atoms with E-state index < -0.39 is 12.6 Å². The summed E-state index contributed by atoms with van der Waals surface area (Å²) in [5, 5.41) is 14.4. The van der Waals surface area contributed by atoms with Crippen LogP contribution in [-0.2, 0) is 29.1 Å².